The second-order valence-corrected chi connectivity index (χ2v) is 6.36. The zero-order valence-electron chi connectivity index (χ0n) is 16.2. The van der Waals surface area contributed by atoms with Gasteiger partial charge in [-0.15, -0.1) is 5.92 Å². The molecule has 0 N–H and O–H groups in total. The van der Waals surface area contributed by atoms with Gasteiger partial charge in [-0.25, -0.2) is 4.98 Å². The average molecular weight is 364 g/mol. The van der Waals surface area contributed by atoms with Gasteiger partial charge in [0.1, 0.15) is 17.3 Å². The molecule has 0 bridgehead atoms. The van der Waals surface area contributed by atoms with E-state index in [1.165, 1.54) is 0 Å². The molecule has 2 heterocycles. The van der Waals surface area contributed by atoms with Crippen LogP contribution in [0.3, 0.4) is 0 Å². The van der Waals surface area contributed by atoms with Gasteiger partial charge in [-0.1, -0.05) is 5.92 Å². The number of hydrogen-bond acceptors (Lipinski definition) is 5. The maximum Gasteiger partial charge on any atom is 0.226 e. The number of aromatic nitrogens is 1. The molecule has 0 atom stereocenters. The summed E-state index contributed by atoms with van der Waals surface area (Å²) in [5.41, 5.74) is 2.89. The first kappa shape index (κ1) is 18.8. The normalized spacial score (nSPS) is 10.7. The van der Waals surface area contributed by atoms with Crippen LogP contribution in [-0.4, -0.2) is 23.5 Å². The Kier molecular flexibility index (Phi) is 6.00. The van der Waals surface area contributed by atoms with Gasteiger partial charge in [0.2, 0.25) is 5.89 Å². The summed E-state index contributed by atoms with van der Waals surface area (Å²) in [5, 5.41) is 0. The fourth-order valence-corrected chi connectivity index (χ4v) is 2.90. The Bertz CT molecular complexity index is 946. The first-order chi connectivity index (χ1) is 13.1. The summed E-state index contributed by atoms with van der Waals surface area (Å²) in [4.78, 5) is 6.91. The minimum Gasteiger partial charge on any atom is -0.496 e. The lowest BCUT2D eigenvalue weighted by Gasteiger charge is -2.17. The minimum absolute atomic E-state index is 0.618. The molecule has 27 heavy (non-hydrogen) atoms. The molecule has 0 saturated heterocycles. The smallest absolute Gasteiger partial charge is 0.226 e. The predicted molar refractivity (Wildman–Crippen MR) is 104 cm³/mol. The van der Waals surface area contributed by atoms with Crippen molar-refractivity contribution in [3.63, 3.8) is 0 Å². The zero-order chi connectivity index (χ0) is 19.2. The van der Waals surface area contributed by atoms with Crippen molar-refractivity contribution in [1.82, 2.24) is 9.88 Å². The molecule has 0 fully saturated rings. The lowest BCUT2D eigenvalue weighted by Crippen LogP contribution is -2.23. The summed E-state index contributed by atoms with van der Waals surface area (Å²) < 4.78 is 16.7. The van der Waals surface area contributed by atoms with Gasteiger partial charge in [-0.3, -0.25) is 4.90 Å². The largest absolute Gasteiger partial charge is 0.496 e. The van der Waals surface area contributed by atoms with Gasteiger partial charge in [0.25, 0.3) is 0 Å². The van der Waals surface area contributed by atoms with Crippen molar-refractivity contribution in [1.29, 1.82) is 0 Å². The molecular weight excluding hydrogens is 340 g/mol. The lowest BCUT2D eigenvalue weighted by molar-refractivity contribution is 0.260. The third-order valence-electron chi connectivity index (χ3n) is 4.35. The van der Waals surface area contributed by atoms with Gasteiger partial charge >= 0.3 is 0 Å². The van der Waals surface area contributed by atoms with E-state index in [4.69, 9.17) is 18.6 Å². The van der Waals surface area contributed by atoms with Crippen LogP contribution >= 0.6 is 0 Å². The Morgan fingerprint density at radius 2 is 2.04 bits per heavy atom. The van der Waals surface area contributed by atoms with Crippen LogP contribution in [0.15, 0.2) is 45.4 Å². The molecule has 0 aliphatic rings. The fourth-order valence-electron chi connectivity index (χ4n) is 2.90. The molecule has 0 aliphatic carbocycles. The van der Waals surface area contributed by atoms with Crippen LogP contribution in [0.25, 0.3) is 11.5 Å². The molecule has 5 heteroatoms. The molecule has 0 spiro atoms. The summed E-state index contributed by atoms with van der Waals surface area (Å²) >= 11 is 0. The van der Waals surface area contributed by atoms with Gasteiger partial charge in [-0.2, -0.15) is 0 Å². The lowest BCUT2D eigenvalue weighted by atomic mass is 10.1. The third-order valence-corrected chi connectivity index (χ3v) is 4.35. The molecule has 1 aromatic carbocycles. The molecule has 3 aromatic rings. The molecule has 5 nitrogen and oxygen atoms in total. The van der Waals surface area contributed by atoms with Crippen molar-refractivity contribution >= 4 is 0 Å². The number of aryl methyl sites for hydroxylation is 2. The number of nitrogens with zero attached hydrogens (tertiary/aromatic N) is 2. The molecule has 3 rings (SSSR count). The van der Waals surface area contributed by atoms with Gasteiger partial charge in [0.15, 0.2) is 0 Å². The summed E-state index contributed by atoms with van der Waals surface area (Å²) in [6.07, 6.45) is 1.68. The van der Waals surface area contributed by atoms with E-state index in [2.05, 4.69) is 16.7 Å². The standard InChI is InChI=1S/C22H24N2O3/c1-5-6-11-24(14-19-8-7-12-26-19)15-20-17(3)27-22(23-20)18-9-10-21(25-4)16(2)13-18/h7-10,12-13H,11,14-15H2,1-4H3. The molecule has 0 radical (unpaired) electrons. The molecule has 0 aliphatic heterocycles. The van der Waals surface area contributed by atoms with Crippen molar-refractivity contribution < 1.29 is 13.6 Å². The number of hydrogen-bond donors (Lipinski definition) is 0. The molecular formula is C22H24N2O3. The van der Waals surface area contributed by atoms with Crippen molar-refractivity contribution in [2.24, 2.45) is 0 Å². The van der Waals surface area contributed by atoms with Gasteiger partial charge in [0, 0.05) is 12.1 Å². The fraction of sp³-hybridized carbons (Fsp3) is 0.318. The second kappa shape index (κ2) is 8.61. The SMILES string of the molecule is CC#CCN(Cc1ccco1)Cc1nc(-c2ccc(OC)c(C)c2)oc1C. The first-order valence-electron chi connectivity index (χ1n) is 8.86. The minimum atomic E-state index is 0.618. The van der Waals surface area contributed by atoms with Crippen LogP contribution < -0.4 is 4.74 Å². The number of ether oxygens (including phenoxy) is 1. The topological polar surface area (TPSA) is 51.6 Å². The maximum absolute atomic E-state index is 5.93. The highest BCUT2D eigenvalue weighted by Crippen LogP contribution is 2.27. The van der Waals surface area contributed by atoms with Crippen LogP contribution in [0.1, 0.15) is 29.7 Å². The Labute approximate surface area is 160 Å². The van der Waals surface area contributed by atoms with E-state index in [-0.39, 0.29) is 0 Å². The van der Waals surface area contributed by atoms with Gasteiger partial charge in [-0.05, 0) is 56.7 Å². The predicted octanol–water partition coefficient (Wildman–Crippen LogP) is 4.59. The maximum atomic E-state index is 5.93. The molecule has 0 amide bonds. The van der Waals surface area contributed by atoms with Crippen LogP contribution in [0, 0.1) is 25.7 Å². The molecule has 2 aromatic heterocycles. The van der Waals surface area contributed by atoms with E-state index < -0.39 is 0 Å². The van der Waals surface area contributed by atoms with E-state index in [0.29, 0.717) is 25.5 Å². The van der Waals surface area contributed by atoms with Gasteiger partial charge < -0.3 is 13.6 Å². The Morgan fingerprint density at radius 1 is 1.19 bits per heavy atom. The highest BCUT2D eigenvalue weighted by Gasteiger charge is 2.16. The Hall–Kier alpha value is -2.97. The number of oxazole rings is 1. The molecule has 140 valence electrons. The van der Waals surface area contributed by atoms with Crippen molar-refractivity contribution in [3.8, 4) is 29.0 Å². The highest BCUT2D eigenvalue weighted by atomic mass is 16.5. The van der Waals surface area contributed by atoms with E-state index >= 15 is 0 Å². The Balaban J connectivity index is 1.81. The van der Waals surface area contributed by atoms with Crippen molar-refractivity contribution in [2.75, 3.05) is 13.7 Å². The van der Waals surface area contributed by atoms with E-state index in [1.807, 2.05) is 51.1 Å². The zero-order valence-corrected chi connectivity index (χ0v) is 16.2. The molecule has 0 unspecified atom stereocenters. The summed E-state index contributed by atoms with van der Waals surface area (Å²) in [6, 6.07) is 9.78. The van der Waals surface area contributed by atoms with E-state index in [1.54, 1.807) is 13.4 Å². The van der Waals surface area contributed by atoms with Crippen LogP contribution in [0.5, 0.6) is 5.75 Å². The van der Waals surface area contributed by atoms with Crippen LogP contribution in [0.2, 0.25) is 0 Å². The second-order valence-electron chi connectivity index (χ2n) is 6.36. The Morgan fingerprint density at radius 3 is 2.70 bits per heavy atom. The number of methoxy groups -OCH3 is 1. The summed E-state index contributed by atoms with van der Waals surface area (Å²) in [5.74, 6) is 9.25. The van der Waals surface area contributed by atoms with Crippen LogP contribution in [-0.2, 0) is 13.1 Å². The number of benzene rings is 1. The van der Waals surface area contributed by atoms with E-state index in [0.717, 1.165) is 34.1 Å². The monoisotopic (exact) mass is 364 g/mol. The van der Waals surface area contributed by atoms with E-state index in [9.17, 15) is 0 Å². The summed E-state index contributed by atoms with van der Waals surface area (Å²) in [7, 11) is 1.67. The highest BCUT2D eigenvalue weighted by molar-refractivity contribution is 5.57. The van der Waals surface area contributed by atoms with Crippen molar-refractivity contribution in [2.45, 2.75) is 33.9 Å². The third kappa shape index (κ3) is 4.60. The summed E-state index contributed by atoms with van der Waals surface area (Å²) in [6.45, 7) is 7.74. The molecule has 0 saturated carbocycles. The van der Waals surface area contributed by atoms with Gasteiger partial charge in [0.05, 0.1) is 32.2 Å². The quantitative estimate of drug-likeness (QED) is 0.574. The average Bonchev–Trinajstić information content (AvgIpc) is 3.30. The first-order valence-corrected chi connectivity index (χ1v) is 8.86. The number of rotatable bonds is 7. The van der Waals surface area contributed by atoms with Crippen molar-refractivity contribution in [3.05, 3.63) is 59.4 Å². The number of furan rings is 1. The van der Waals surface area contributed by atoms with Crippen LogP contribution in [0.4, 0.5) is 0 Å².